The summed E-state index contributed by atoms with van der Waals surface area (Å²) >= 11 is 0. The van der Waals surface area contributed by atoms with Gasteiger partial charge in [0.05, 0.1) is 5.52 Å². The molecule has 0 N–H and O–H groups in total. The fourth-order valence-electron chi connectivity index (χ4n) is 1.91. The molecule has 2 rings (SSSR count). The van der Waals surface area contributed by atoms with Gasteiger partial charge in [-0.15, -0.1) is 0 Å². The molecule has 0 aliphatic carbocycles. The number of fused-ring (bicyclic) bond motifs is 1. The molecule has 0 radical (unpaired) electrons. The smallest absolute Gasteiger partial charge is 0.290 e. The molecule has 0 spiro atoms. The summed E-state index contributed by atoms with van der Waals surface area (Å²) in [7, 11) is 1.77. The Labute approximate surface area is 94.5 Å². The Morgan fingerprint density at radius 2 is 2.06 bits per heavy atom. The van der Waals surface area contributed by atoms with Crippen LogP contribution in [0.4, 0.5) is 0 Å². The summed E-state index contributed by atoms with van der Waals surface area (Å²) in [5.41, 5.74) is 2.64. The first-order valence-corrected chi connectivity index (χ1v) is 5.53. The standard InChI is InChI=1S/C12H17N3O/c1-8(2)7-15-10-6-5-9(3)13-11(10)14(4)12(15)16/h5-6,8H,7H2,1-4H3. The van der Waals surface area contributed by atoms with Crippen molar-refractivity contribution in [3.05, 3.63) is 28.3 Å². The molecule has 0 fully saturated rings. The molecule has 0 aromatic carbocycles. The predicted octanol–water partition coefficient (Wildman–Crippen LogP) is 1.70. The zero-order chi connectivity index (χ0) is 11.9. The fourth-order valence-corrected chi connectivity index (χ4v) is 1.91. The molecule has 16 heavy (non-hydrogen) atoms. The average molecular weight is 219 g/mol. The zero-order valence-corrected chi connectivity index (χ0v) is 10.2. The van der Waals surface area contributed by atoms with Crippen molar-refractivity contribution in [3.63, 3.8) is 0 Å². The highest BCUT2D eigenvalue weighted by Crippen LogP contribution is 2.12. The average Bonchev–Trinajstić information content (AvgIpc) is 2.43. The SMILES string of the molecule is Cc1ccc2c(n1)n(C)c(=O)n2CC(C)C. The lowest BCUT2D eigenvalue weighted by Crippen LogP contribution is -2.24. The topological polar surface area (TPSA) is 39.8 Å². The van der Waals surface area contributed by atoms with Gasteiger partial charge in [-0.3, -0.25) is 9.13 Å². The van der Waals surface area contributed by atoms with Crippen LogP contribution in [0.3, 0.4) is 0 Å². The Kier molecular flexibility index (Phi) is 2.58. The highest BCUT2D eigenvalue weighted by molar-refractivity contribution is 5.71. The summed E-state index contributed by atoms with van der Waals surface area (Å²) in [5, 5.41) is 0. The quantitative estimate of drug-likeness (QED) is 0.771. The molecular formula is C12H17N3O. The van der Waals surface area contributed by atoms with Crippen LogP contribution < -0.4 is 5.69 Å². The molecule has 0 aliphatic rings. The van der Waals surface area contributed by atoms with E-state index in [0.29, 0.717) is 5.92 Å². The highest BCUT2D eigenvalue weighted by Gasteiger charge is 2.12. The molecular weight excluding hydrogens is 202 g/mol. The number of aryl methyl sites for hydroxylation is 2. The molecule has 4 nitrogen and oxygen atoms in total. The molecule has 0 atom stereocenters. The minimum absolute atomic E-state index is 0.0156. The van der Waals surface area contributed by atoms with Crippen LogP contribution in [0.1, 0.15) is 19.5 Å². The molecule has 2 aromatic rings. The van der Waals surface area contributed by atoms with E-state index < -0.39 is 0 Å². The van der Waals surface area contributed by atoms with E-state index in [1.165, 1.54) is 0 Å². The van der Waals surface area contributed by atoms with Crippen molar-refractivity contribution in [2.75, 3.05) is 0 Å². The lowest BCUT2D eigenvalue weighted by atomic mass is 10.2. The molecule has 0 saturated carbocycles. The number of hydrogen-bond donors (Lipinski definition) is 0. The van der Waals surface area contributed by atoms with Gasteiger partial charge in [0, 0.05) is 19.3 Å². The summed E-state index contributed by atoms with van der Waals surface area (Å²) in [6.45, 7) is 6.88. The normalized spacial score (nSPS) is 11.6. The van der Waals surface area contributed by atoms with Crippen molar-refractivity contribution in [2.24, 2.45) is 13.0 Å². The van der Waals surface area contributed by atoms with E-state index in [1.807, 2.05) is 19.1 Å². The van der Waals surface area contributed by atoms with Crippen molar-refractivity contribution in [1.29, 1.82) is 0 Å². The van der Waals surface area contributed by atoms with E-state index in [9.17, 15) is 4.79 Å². The van der Waals surface area contributed by atoms with E-state index in [-0.39, 0.29) is 5.69 Å². The van der Waals surface area contributed by atoms with Crippen LogP contribution >= 0.6 is 0 Å². The third-order valence-electron chi connectivity index (χ3n) is 2.67. The maximum Gasteiger partial charge on any atom is 0.330 e. The number of rotatable bonds is 2. The van der Waals surface area contributed by atoms with Crippen LogP contribution in [-0.2, 0) is 13.6 Å². The maximum atomic E-state index is 12.0. The first-order valence-electron chi connectivity index (χ1n) is 5.53. The van der Waals surface area contributed by atoms with Crippen molar-refractivity contribution in [1.82, 2.24) is 14.1 Å². The first-order chi connectivity index (χ1) is 7.50. The summed E-state index contributed by atoms with van der Waals surface area (Å²) in [6, 6.07) is 3.92. The number of pyridine rings is 1. The molecule has 0 saturated heterocycles. The predicted molar refractivity (Wildman–Crippen MR) is 64.5 cm³/mol. The Hall–Kier alpha value is -1.58. The van der Waals surface area contributed by atoms with E-state index in [1.54, 1.807) is 16.2 Å². The molecule has 2 aromatic heterocycles. The van der Waals surface area contributed by atoms with Gasteiger partial charge >= 0.3 is 5.69 Å². The van der Waals surface area contributed by atoms with Crippen LogP contribution in [0.15, 0.2) is 16.9 Å². The number of imidazole rings is 1. The van der Waals surface area contributed by atoms with E-state index >= 15 is 0 Å². The number of nitrogens with zero attached hydrogens (tertiary/aromatic N) is 3. The lowest BCUT2D eigenvalue weighted by molar-refractivity contribution is 0.516. The van der Waals surface area contributed by atoms with Gasteiger partial charge in [0.15, 0.2) is 5.65 Å². The van der Waals surface area contributed by atoms with Crippen molar-refractivity contribution in [2.45, 2.75) is 27.3 Å². The molecule has 2 heterocycles. The monoisotopic (exact) mass is 219 g/mol. The molecule has 0 amide bonds. The van der Waals surface area contributed by atoms with Gasteiger partial charge in [0.2, 0.25) is 0 Å². The molecule has 0 aliphatic heterocycles. The first kappa shape index (κ1) is 10.9. The van der Waals surface area contributed by atoms with Crippen LogP contribution in [0.25, 0.3) is 11.2 Å². The molecule has 0 unspecified atom stereocenters. The zero-order valence-electron chi connectivity index (χ0n) is 10.2. The van der Waals surface area contributed by atoms with Crippen LogP contribution in [0.2, 0.25) is 0 Å². The van der Waals surface area contributed by atoms with Gasteiger partial charge in [0.1, 0.15) is 0 Å². The second-order valence-corrected chi connectivity index (χ2v) is 4.64. The Morgan fingerprint density at radius 3 is 2.69 bits per heavy atom. The van der Waals surface area contributed by atoms with E-state index in [0.717, 1.165) is 23.4 Å². The lowest BCUT2D eigenvalue weighted by Gasteiger charge is -2.05. The van der Waals surface area contributed by atoms with Crippen molar-refractivity contribution < 1.29 is 0 Å². The van der Waals surface area contributed by atoms with Crippen molar-refractivity contribution >= 4 is 11.2 Å². The maximum absolute atomic E-state index is 12.0. The summed E-state index contributed by atoms with van der Waals surface area (Å²) in [6.07, 6.45) is 0. The summed E-state index contributed by atoms with van der Waals surface area (Å²) in [5.74, 6) is 0.449. The van der Waals surface area contributed by atoms with Gasteiger partial charge in [0.25, 0.3) is 0 Å². The third kappa shape index (κ3) is 1.64. The Balaban J connectivity index is 2.74. The molecule has 0 bridgehead atoms. The van der Waals surface area contributed by atoms with Gasteiger partial charge < -0.3 is 0 Å². The molecule has 86 valence electrons. The second kappa shape index (κ2) is 3.77. The van der Waals surface area contributed by atoms with Gasteiger partial charge in [-0.05, 0) is 25.0 Å². The Bertz CT molecular complexity index is 578. The highest BCUT2D eigenvalue weighted by atomic mass is 16.1. The summed E-state index contributed by atoms with van der Waals surface area (Å²) < 4.78 is 3.41. The van der Waals surface area contributed by atoms with Crippen molar-refractivity contribution in [3.8, 4) is 0 Å². The van der Waals surface area contributed by atoms with Gasteiger partial charge in [-0.1, -0.05) is 13.8 Å². The van der Waals surface area contributed by atoms with E-state index in [4.69, 9.17) is 0 Å². The summed E-state index contributed by atoms with van der Waals surface area (Å²) in [4.78, 5) is 16.4. The third-order valence-corrected chi connectivity index (χ3v) is 2.67. The van der Waals surface area contributed by atoms with Crippen LogP contribution in [-0.4, -0.2) is 14.1 Å². The number of aromatic nitrogens is 3. The number of hydrogen-bond acceptors (Lipinski definition) is 2. The van der Waals surface area contributed by atoms with Gasteiger partial charge in [-0.25, -0.2) is 9.78 Å². The second-order valence-electron chi connectivity index (χ2n) is 4.64. The minimum atomic E-state index is 0.0156. The minimum Gasteiger partial charge on any atom is -0.290 e. The van der Waals surface area contributed by atoms with Crippen LogP contribution in [0, 0.1) is 12.8 Å². The van der Waals surface area contributed by atoms with Crippen LogP contribution in [0.5, 0.6) is 0 Å². The largest absolute Gasteiger partial charge is 0.330 e. The Morgan fingerprint density at radius 1 is 1.38 bits per heavy atom. The fraction of sp³-hybridized carbons (Fsp3) is 0.500. The molecule has 4 heteroatoms. The van der Waals surface area contributed by atoms with E-state index in [2.05, 4.69) is 18.8 Å². The van der Waals surface area contributed by atoms with Gasteiger partial charge in [-0.2, -0.15) is 0 Å².